The van der Waals surface area contributed by atoms with Crippen LogP contribution in [0.1, 0.15) is 58.3 Å². The molecule has 8 heteroatoms. The van der Waals surface area contributed by atoms with Gasteiger partial charge in [-0.1, -0.05) is 38.7 Å². The Bertz CT molecular complexity index is 489. The van der Waals surface area contributed by atoms with Gasteiger partial charge in [0, 0.05) is 12.5 Å². The Kier molecular flexibility index (Phi) is 12.2. The Labute approximate surface area is 144 Å². The summed E-state index contributed by atoms with van der Waals surface area (Å²) < 4.78 is 34.1. The minimum absolute atomic E-state index is 0.146. The van der Waals surface area contributed by atoms with E-state index in [0.29, 0.717) is 6.42 Å². The number of rotatable bonds is 14. The van der Waals surface area contributed by atoms with Crippen molar-refractivity contribution in [3.8, 4) is 0 Å². The van der Waals surface area contributed by atoms with Gasteiger partial charge in [0.15, 0.2) is 0 Å². The summed E-state index contributed by atoms with van der Waals surface area (Å²) in [4.78, 5) is 22.4. The van der Waals surface area contributed by atoms with Gasteiger partial charge in [-0.05, 0) is 25.8 Å². The van der Waals surface area contributed by atoms with Crippen molar-refractivity contribution in [1.29, 1.82) is 0 Å². The van der Waals surface area contributed by atoms with Gasteiger partial charge < -0.3 is 10.1 Å². The molecule has 0 saturated heterocycles. The molecule has 140 valence electrons. The third-order valence-corrected chi connectivity index (χ3v) is 4.13. The van der Waals surface area contributed by atoms with E-state index in [4.69, 9.17) is 9.29 Å². The van der Waals surface area contributed by atoms with Gasteiger partial charge in [-0.25, -0.2) is 0 Å². The maximum atomic E-state index is 11.3. The van der Waals surface area contributed by atoms with E-state index in [-0.39, 0.29) is 25.0 Å². The topological polar surface area (TPSA) is 110 Å². The lowest BCUT2D eigenvalue weighted by Gasteiger charge is -2.11. The predicted octanol–water partition coefficient (Wildman–Crippen LogP) is 2.23. The van der Waals surface area contributed by atoms with Crippen molar-refractivity contribution in [2.24, 2.45) is 0 Å². The van der Waals surface area contributed by atoms with E-state index in [1.54, 1.807) is 0 Å². The highest BCUT2D eigenvalue weighted by atomic mass is 32.2. The molecule has 0 fully saturated rings. The Morgan fingerprint density at radius 1 is 1.17 bits per heavy atom. The molecule has 0 aromatic carbocycles. The van der Waals surface area contributed by atoms with E-state index in [2.05, 4.69) is 11.9 Å². The Morgan fingerprint density at radius 2 is 1.75 bits per heavy atom. The van der Waals surface area contributed by atoms with Crippen molar-refractivity contribution in [2.75, 3.05) is 12.4 Å². The SMILES string of the molecule is C=CC(=O)NC(C)CCCCCCCCC(=O)OCCS(=O)(=O)O. The van der Waals surface area contributed by atoms with Crippen molar-refractivity contribution >= 4 is 22.0 Å². The summed E-state index contributed by atoms with van der Waals surface area (Å²) >= 11 is 0. The van der Waals surface area contributed by atoms with Crippen LogP contribution in [0.3, 0.4) is 0 Å². The highest BCUT2D eigenvalue weighted by Crippen LogP contribution is 2.10. The molecule has 0 aliphatic carbocycles. The predicted molar refractivity (Wildman–Crippen MR) is 92.1 cm³/mol. The minimum atomic E-state index is -4.08. The summed E-state index contributed by atoms with van der Waals surface area (Å²) in [5, 5.41) is 2.82. The second-order valence-corrected chi connectivity index (χ2v) is 7.35. The number of carbonyl (C=O) groups is 2. The minimum Gasteiger partial charge on any atom is -0.464 e. The molecule has 0 rings (SSSR count). The number of carbonyl (C=O) groups excluding carboxylic acids is 2. The van der Waals surface area contributed by atoms with E-state index in [1.165, 1.54) is 6.08 Å². The third kappa shape index (κ3) is 15.5. The molecule has 0 aliphatic rings. The van der Waals surface area contributed by atoms with Crippen molar-refractivity contribution < 1.29 is 27.3 Å². The van der Waals surface area contributed by atoms with Crippen LogP contribution in [0.25, 0.3) is 0 Å². The van der Waals surface area contributed by atoms with Gasteiger partial charge in [-0.2, -0.15) is 8.42 Å². The zero-order valence-corrected chi connectivity index (χ0v) is 15.1. The lowest BCUT2D eigenvalue weighted by molar-refractivity contribution is -0.143. The summed E-state index contributed by atoms with van der Waals surface area (Å²) in [6, 6.07) is 0.146. The van der Waals surface area contributed by atoms with E-state index in [9.17, 15) is 18.0 Å². The maximum absolute atomic E-state index is 11.3. The van der Waals surface area contributed by atoms with Crippen molar-refractivity contribution in [1.82, 2.24) is 5.32 Å². The first-order valence-corrected chi connectivity index (χ1v) is 9.89. The van der Waals surface area contributed by atoms with Crippen molar-refractivity contribution in [2.45, 2.75) is 64.3 Å². The summed E-state index contributed by atoms with van der Waals surface area (Å²) in [6.45, 7) is 5.07. The standard InChI is InChI=1S/C16H29NO6S/c1-3-15(18)17-14(2)10-8-6-4-5-7-9-11-16(19)23-12-13-24(20,21)22/h3,14H,1,4-13H2,2H3,(H,17,18)(H,20,21,22). The zero-order valence-electron chi connectivity index (χ0n) is 14.3. The molecule has 0 saturated carbocycles. The quantitative estimate of drug-likeness (QED) is 0.212. The first-order chi connectivity index (χ1) is 11.2. The molecule has 1 atom stereocenters. The second kappa shape index (κ2) is 12.9. The van der Waals surface area contributed by atoms with Crippen LogP contribution >= 0.6 is 0 Å². The molecule has 0 heterocycles. The highest BCUT2D eigenvalue weighted by molar-refractivity contribution is 7.85. The third-order valence-electron chi connectivity index (χ3n) is 3.45. The molecule has 24 heavy (non-hydrogen) atoms. The van der Waals surface area contributed by atoms with Gasteiger partial charge in [0.1, 0.15) is 12.4 Å². The average Bonchev–Trinajstić information content (AvgIpc) is 2.48. The Morgan fingerprint density at radius 3 is 2.33 bits per heavy atom. The molecular formula is C16H29NO6S. The zero-order chi connectivity index (χ0) is 18.4. The summed E-state index contributed by atoms with van der Waals surface area (Å²) in [5.74, 6) is -1.15. The molecule has 0 bridgehead atoms. The van der Waals surface area contributed by atoms with Crippen molar-refractivity contribution in [3.63, 3.8) is 0 Å². The molecule has 0 aliphatic heterocycles. The molecule has 0 aromatic heterocycles. The Balaban J connectivity index is 3.43. The van der Waals surface area contributed by atoms with Gasteiger partial charge >= 0.3 is 5.97 Å². The molecule has 0 radical (unpaired) electrons. The van der Waals surface area contributed by atoms with Crippen LogP contribution < -0.4 is 5.32 Å². The lowest BCUT2D eigenvalue weighted by atomic mass is 10.1. The smallest absolute Gasteiger partial charge is 0.305 e. The molecule has 7 nitrogen and oxygen atoms in total. The van der Waals surface area contributed by atoms with Crippen LogP contribution in [-0.4, -0.2) is 43.2 Å². The highest BCUT2D eigenvalue weighted by Gasteiger charge is 2.08. The normalized spacial score (nSPS) is 12.4. The fourth-order valence-electron chi connectivity index (χ4n) is 2.13. The monoisotopic (exact) mass is 363 g/mol. The summed E-state index contributed by atoms with van der Waals surface area (Å²) in [6.07, 6.45) is 8.28. The Hall–Kier alpha value is -1.41. The average molecular weight is 363 g/mol. The molecule has 0 spiro atoms. The van der Waals surface area contributed by atoms with Gasteiger partial charge in [-0.3, -0.25) is 14.1 Å². The van der Waals surface area contributed by atoms with E-state index < -0.39 is 21.8 Å². The molecular weight excluding hydrogens is 334 g/mol. The molecule has 1 amide bonds. The van der Waals surface area contributed by atoms with Crippen LogP contribution in [0.2, 0.25) is 0 Å². The van der Waals surface area contributed by atoms with Gasteiger partial charge in [0.25, 0.3) is 10.1 Å². The first kappa shape index (κ1) is 22.6. The number of nitrogens with one attached hydrogen (secondary N) is 1. The molecule has 1 unspecified atom stereocenters. The summed E-state index contributed by atoms with van der Waals surface area (Å²) in [5.41, 5.74) is 0. The van der Waals surface area contributed by atoms with Crippen LogP contribution in [0.15, 0.2) is 12.7 Å². The number of esters is 1. The number of unbranched alkanes of at least 4 members (excludes halogenated alkanes) is 5. The molecule has 2 N–H and O–H groups in total. The maximum Gasteiger partial charge on any atom is 0.305 e. The van der Waals surface area contributed by atoms with Gasteiger partial charge in [0.2, 0.25) is 5.91 Å². The second-order valence-electron chi connectivity index (χ2n) is 5.78. The van der Waals surface area contributed by atoms with Gasteiger partial charge in [0.05, 0.1) is 0 Å². The number of ether oxygens (including phenoxy) is 1. The van der Waals surface area contributed by atoms with E-state index >= 15 is 0 Å². The number of hydrogen-bond acceptors (Lipinski definition) is 5. The van der Waals surface area contributed by atoms with E-state index in [1.807, 2.05) is 6.92 Å². The van der Waals surface area contributed by atoms with Crippen LogP contribution in [0, 0.1) is 0 Å². The number of amides is 1. The fraction of sp³-hybridized carbons (Fsp3) is 0.750. The lowest BCUT2D eigenvalue weighted by Crippen LogP contribution is -2.30. The largest absolute Gasteiger partial charge is 0.464 e. The van der Waals surface area contributed by atoms with Crippen LogP contribution in [0.5, 0.6) is 0 Å². The fourth-order valence-corrected chi connectivity index (χ4v) is 2.43. The van der Waals surface area contributed by atoms with Gasteiger partial charge in [-0.15, -0.1) is 0 Å². The molecule has 0 aromatic rings. The van der Waals surface area contributed by atoms with Crippen LogP contribution in [-0.2, 0) is 24.4 Å². The summed E-state index contributed by atoms with van der Waals surface area (Å²) in [7, 11) is -4.08. The van der Waals surface area contributed by atoms with Crippen molar-refractivity contribution in [3.05, 3.63) is 12.7 Å². The first-order valence-electron chi connectivity index (χ1n) is 8.28. The van der Waals surface area contributed by atoms with Crippen LogP contribution in [0.4, 0.5) is 0 Å². The van der Waals surface area contributed by atoms with E-state index in [0.717, 1.165) is 38.5 Å². The number of hydrogen-bond donors (Lipinski definition) is 2.